The minimum Gasteiger partial charge on any atom is -0.388 e. The molecule has 28 heavy (non-hydrogen) atoms. The van der Waals surface area contributed by atoms with Crippen LogP contribution < -0.4 is 10.6 Å². The van der Waals surface area contributed by atoms with Crippen LogP contribution >= 0.6 is 11.8 Å². The number of rotatable bonds is 6. The number of aliphatic hydroxyl groups excluding tert-OH is 1. The van der Waals surface area contributed by atoms with E-state index in [0.29, 0.717) is 23.5 Å². The second kappa shape index (κ2) is 9.80. The van der Waals surface area contributed by atoms with Crippen molar-refractivity contribution in [2.24, 2.45) is 5.92 Å². The monoisotopic (exact) mass is 406 g/mol. The van der Waals surface area contributed by atoms with E-state index < -0.39 is 6.23 Å². The highest BCUT2D eigenvalue weighted by Crippen LogP contribution is 2.36. The van der Waals surface area contributed by atoms with Crippen molar-refractivity contribution in [1.82, 2.24) is 20.4 Å². The third-order valence-electron chi connectivity index (χ3n) is 6.05. The Kier molecular flexibility index (Phi) is 7.42. The quantitative estimate of drug-likeness (QED) is 0.263. The van der Waals surface area contributed by atoms with E-state index in [1.54, 1.807) is 0 Å². The lowest BCUT2D eigenvalue weighted by Crippen LogP contribution is -2.48. The summed E-state index contributed by atoms with van der Waals surface area (Å²) in [6.07, 6.45) is 6.70. The Bertz CT molecular complexity index is 628. The number of thioether (sulfide) groups is 1. The number of fused-ring (bicyclic) bond motifs is 1. The van der Waals surface area contributed by atoms with Crippen LogP contribution in [0.3, 0.4) is 0 Å². The van der Waals surface area contributed by atoms with Crippen molar-refractivity contribution < 1.29 is 5.11 Å². The molecule has 156 valence electrons. The average molecular weight is 407 g/mol. The lowest BCUT2D eigenvalue weighted by molar-refractivity contribution is 0.191. The van der Waals surface area contributed by atoms with E-state index in [1.807, 2.05) is 4.90 Å². The molecule has 3 rings (SSSR count). The fourth-order valence-electron chi connectivity index (χ4n) is 4.33. The van der Waals surface area contributed by atoms with Crippen LogP contribution in [-0.2, 0) is 0 Å². The number of hydrogen-bond donors (Lipinski definition) is 5. The minimum atomic E-state index is -1.12. The molecule has 8 heteroatoms. The van der Waals surface area contributed by atoms with E-state index in [2.05, 4.69) is 35.2 Å². The summed E-state index contributed by atoms with van der Waals surface area (Å²) in [6, 6.07) is 0.559. The van der Waals surface area contributed by atoms with Gasteiger partial charge in [0.2, 0.25) is 0 Å². The summed E-state index contributed by atoms with van der Waals surface area (Å²) in [5.41, 5.74) is 2.07. The summed E-state index contributed by atoms with van der Waals surface area (Å²) >= 11 is 1.02. The lowest BCUT2D eigenvalue weighted by atomic mass is 9.81. The SMILES string of the molecule is C=C(CC1=CNC2CCCCC12)NC(O)C(=N)SC(=N)N1CCN(CC)CC1. The van der Waals surface area contributed by atoms with Gasteiger partial charge in [-0.05, 0) is 42.9 Å². The van der Waals surface area contributed by atoms with Crippen LogP contribution in [0.1, 0.15) is 39.0 Å². The highest BCUT2D eigenvalue weighted by atomic mass is 32.2. The van der Waals surface area contributed by atoms with Gasteiger partial charge in [0, 0.05) is 50.3 Å². The summed E-state index contributed by atoms with van der Waals surface area (Å²) in [6.45, 7) is 10.7. The second-order valence-electron chi connectivity index (χ2n) is 7.90. The van der Waals surface area contributed by atoms with E-state index in [0.717, 1.165) is 50.2 Å². The predicted octanol–water partition coefficient (Wildman–Crippen LogP) is 2.13. The van der Waals surface area contributed by atoms with Crippen LogP contribution in [0.2, 0.25) is 0 Å². The summed E-state index contributed by atoms with van der Waals surface area (Å²) in [5, 5.41) is 33.5. The Labute approximate surface area is 172 Å². The van der Waals surface area contributed by atoms with Gasteiger partial charge in [0.25, 0.3) is 0 Å². The molecule has 0 aromatic carbocycles. The van der Waals surface area contributed by atoms with Gasteiger partial charge in [-0.25, -0.2) is 0 Å². The van der Waals surface area contributed by atoms with E-state index >= 15 is 0 Å². The molecule has 5 N–H and O–H groups in total. The van der Waals surface area contributed by atoms with Gasteiger partial charge in [-0.2, -0.15) is 0 Å². The van der Waals surface area contributed by atoms with E-state index in [4.69, 9.17) is 10.8 Å². The third kappa shape index (κ3) is 5.30. The van der Waals surface area contributed by atoms with Crippen LogP contribution in [0.5, 0.6) is 0 Å². The fourth-order valence-corrected chi connectivity index (χ4v) is 5.02. The molecule has 0 radical (unpaired) electrons. The van der Waals surface area contributed by atoms with Crippen molar-refractivity contribution in [3.05, 3.63) is 24.0 Å². The smallest absolute Gasteiger partial charge is 0.173 e. The standard InChI is InChI=1S/C20H34N6OS/c1-3-25-8-10-26(11-9-25)20(22)28-18(21)19(27)24-14(2)12-15-13-23-17-7-5-4-6-16(15)17/h13,16-17,19,21-24,27H,2-12H2,1H3. The number of piperazine rings is 1. The summed E-state index contributed by atoms with van der Waals surface area (Å²) in [7, 11) is 0. The molecule has 3 aliphatic rings. The van der Waals surface area contributed by atoms with Crippen LogP contribution in [0.4, 0.5) is 0 Å². The van der Waals surface area contributed by atoms with Crippen molar-refractivity contribution in [2.75, 3.05) is 32.7 Å². The Morgan fingerprint density at radius 1 is 1.32 bits per heavy atom. The number of likely N-dealkylation sites (N-methyl/N-ethyl adjacent to an activating group) is 1. The molecular weight excluding hydrogens is 372 g/mol. The zero-order valence-electron chi connectivity index (χ0n) is 16.8. The number of hydrogen-bond acceptors (Lipinski definition) is 7. The number of amidine groups is 1. The van der Waals surface area contributed by atoms with E-state index in [9.17, 15) is 5.11 Å². The first-order valence-electron chi connectivity index (χ1n) is 10.4. The molecule has 1 saturated heterocycles. The largest absolute Gasteiger partial charge is 0.388 e. The molecule has 0 aromatic heterocycles. The molecular formula is C20H34N6OS. The lowest BCUT2D eigenvalue weighted by Gasteiger charge is -2.35. The molecule has 2 aliphatic heterocycles. The number of nitrogens with one attached hydrogen (secondary N) is 4. The van der Waals surface area contributed by atoms with Crippen LogP contribution in [-0.4, -0.2) is 70.1 Å². The van der Waals surface area contributed by atoms with Gasteiger partial charge in [0.05, 0.1) is 0 Å². The van der Waals surface area contributed by atoms with Gasteiger partial charge in [-0.3, -0.25) is 10.8 Å². The Balaban J connectivity index is 1.41. The molecule has 0 spiro atoms. The Morgan fingerprint density at radius 3 is 2.75 bits per heavy atom. The van der Waals surface area contributed by atoms with Gasteiger partial charge in [-0.15, -0.1) is 0 Å². The van der Waals surface area contributed by atoms with E-state index in [1.165, 1.54) is 31.3 Å². The maximum Gasteiger partial charge on any atom is 0.173 e. The summed E-state index contributed by atoms with van der Waals surface area (Å²) < 4.78 is 0. The molecule has 2 fully saturated rings. The third-order valence-corrected chi connectivity index (χ3v) is 6.94. The molecule has 7 nitrogen and oxygen atoms in total. The predicted molar refractivity (Wildman–Crippen MR) is 117 cm³/mol. The number of aliphatic hydroxyl groups is 1. The molecule has 0 amide bonds. The second-order valence-corrected chi connectivity index (χ2v) is 8.93. The maximum atomic E-state index is 10.3. The summed E-state index contributed by atoms with van der Waals surface area (Å²) in [4.78, 5) is 4.33. The van der Waals surface area contributed by atoms with Crippen molar-refractivity contribution in [1.29, 1.82) is 10.8 Å². The Hall–Kier alpha value is -1.51. The van der Waals surface area contributed by atoms with Gasteiger partial charge in [0.15, 0.2) is 11.4 Å². The molecule has 3 unspecified atom stereocenters. The average Bonchev–Trinajstić information content (AvgIpc) is 3.10. The zero-order valence-corrected chi connectivity index (χ0v) is 17.7. The highest BCUT2D eigenvalue weighted by Gasteiger charge is 2.32. The minimum absolute atomic E-state index is 0.0399. The molecule has 3 atom stereocenters. The first kappa shape index (κ1) is 21.2. The molecule has 0 bridgehead atoms. The van der Waals surface area contributed by atoms with Gasteiger partial charge >= 0.3 is 0 Å². The number of nitrogens with zero attached hydrogens (tertiary/aromatic N) is 2. The van der Waals surface area contributed by atoms with Gasteiger partial charge in [-0.1, -0.05) is 26.3 Å². The maximum absolute atomic E-state index is 10.3. The molecule has 1 saturated carbocycles. The molecule has 1 aliphatic carbocycles. The number of allylic oxidation sites excluding steroid dienone is 1. The Morgan fingerprint density at radius 2 is 2.04 bits per heavy atom. The van der Waals surface area contributed by atoms with Crippen LogP contribution in [0.15, 0.2) is 24.0 Å². The topological polar surface area (TPSA) is 98.5 Å². The van der Waals surface area contributed by atoms with Crippen LogP contribution in [0, 0.1) is 16.7 Å². The first-order valence-corrected chi connectivity index (χ1v) is 11.2. The van der Waals surface area contributed by atoms with Crippen molar-refractivity contribution in [3.63, 3.8) is 0 Å². The fraction of sp³-hybridized carbons (Fsp3) is 0.700. The van der Waals surface area contributed by atoms with Crippen molar-refractivity contribution >= 4 is 22.0 Å². The van der Waals surface area contributed by atoms with Gasteiger partial charge in [0.1, 0.15) is 5.04 Å². The van der Waals surface area contributed by atoms with Gasteiger partial charge < -0.3 is 25.5 Å². The summed E-state index contributed by atoms with van der Waals surface area (Å²) in [5.74, 6) is 0.577. The van der Waals surface area contributed by atoms with E-state index in [-0.39, 0.29) is 5.04 Å². The molecule has 2 heterocycles. The van der Waals surface area contributed by atoms with Crippen LogP contribution in [0.25, 0.3) is 0 Å². The normalized spacial score (nSPS) is 26.1. The highest BCUT2D eigenvalue weighted by molar-refractivity contribution is 8.26. The first-order chi connectivity index (χ1) is 13.5. The zero-order chi connectivity index (χ0) is 20.1. The van der Waals surface area contributed by atoms with Crippen molar-refractivity contribution in [2.45, 2.75) is 51.3 Å². The molecule has 0 aromatic rings. The van der Waals surface area contributed by atoms with Crippen molar-refractivity contribution in [3.8, 4) is 0 Å².